The standard InChI is InChI=1S/C24H22ClNO5/c1-30-23(28)15-9-7-14(8-10-15)22-19-11-16-5-3-4-6-17(16)18(19)12-20(24(29)31-2)26(22)21(27)13-25/h3-10,20,22H,11-13H2,1-2H3/t20-,22+/m1/s1. The quantitative estimate of drug-likeness (QED) is 0.538. The van der Waals surface area contributed by atoms with Crippen LogP contribution in [0.2, 0.25) is 0 Å². The van der Waals surface area contributed by atoms with Gasteiger partial charge in [-0.25, -0.2) is 9.59 Å². The molecule has 0 saturated carbocycles. The maximum absolute atomic E-state index is 13.0. The molecule has 2 aromatic rings. The van der Waals surface area contributed by atoms with Crippen molar-refractivity contribution in [1.82, 2.24) is 4.90 Å². The molecule has 1 aliphatic carbocycles. The predicted octanol–water partition coefficient (Wildman–Crippen LogP) is 3.54. The first kappa shape index (κ1) is 21.1. The molecule has 7 heteroatoms. The maximum atomic E-state index is 13.0. The van der Waals surface area contributed by atoms with Crippen LogP contribution in [0.3, 0.4) is 0 Å². The van der Waals surface area contributed by atoms with Crippen LogP contribution in [0.1, 0.15) is 39.5 Å². The number of amides is 1. The summed E-state index contributed by atoms with van der Waals surface area (Å²) in [5.41, 5.74) is 5.58. The lowest BCUT2D eigenvalue weighted by Crippen LogP contribution is -2.51. The van der Waals surface area contributed by atoms with Gasteiger partial charge >= 0.3 is 11.9 Å². The zero-order chi connectivity index (χ0) is 22.1. The monoisotopic (exact) mass is 439 g/mol. The average Bonchev–Trinajstić information content (AvgIpc) is 3.19. The van der Waals surface area contributed by atoms with Crippen molar-refractivity contribution in [3.63, 3.8) is 0 Å². The lowest BCUT2D eigenvalue weighted by molar-refractivity contribution is -0.153. The molecule has 2 aliphatic rings. The van der Waals surface area contributed by atoms with Gasteiger partial charge in [0.15, 0.2) is 0 Å². The fraction of sp³-hybridized carbons (Fsp3) is 0.292. The fourth-order valence-corrected chi connectivity index (χ4v) is 4.73. The Hall–Kier alpha value is -3.12. The highest BCUT2D eigenvalue weighted by atomic mass is 35.5. The highest BCUT2D eigenvalue weighted by Gasteiger charge is 2.45. The van der Waals surface area contributed by atoms with Crippen molar-refractivity contribution in [2.24, 2.45) is 0 Å². The van der Waals surface area contributed by atoms with E-state index in [0.717, 1.165) is 27.8 Å². The summed E-state index contributed by atoms with van der Waals surface area (Å²) in [7, 11) is 2.64. The van der Waals surface area contributed by atoms with Crippen LogP contribution in [-0.2, 0) is 25.5 Å². The van der Waals surface area contributed by atoms with E-state index < -0.39 is 24.0 Å². The SMILES string of the molecule is COC(=O)c1ccc([C@H]2C3=C(C[C@H](C(=O)OC)N2C(=O)CCl)c2ccccc2C3)cc1. The first-order valence-corrected chi connectivity index (χ1v) is 10.5. The van der Waals surface area contributed by atoms with E-state index >= 15 is 0 Å². The number of methoxy groups -OCH3 is 2. The second-order valence-electron chi connectivity index (χ2n) is 7.53. The molecule has 0 spiro atoms. The summed E-state index contributed by atoms with van der Waals surface area (Å²) in [6, 6.07) is 13.7. The van der Waals surface area contributed by atoms with Crippen molar-refractivity contribution in [3.8, 4) is 0 Å². The van der Waals surface area contributed by atoms with E-state index in [0.29, 0.717) is 18.4 Å². The number of halogens is 1. The number of alkyl halides is 1. The number of nitrogens with zero attached hydrogens (tertiary/aromatic N) is 1. The van der Waals surface area contributed by atoms with Crippen LogP contribution in [0.5, 0.6) is 0 Å². The summed E-state index contributed by atoms with van der Waals surface area (Å²) < 4.78 is 9.82. The minimum atomic E-state index is -0.786. The minimum Gasteiger partial charge on any atom is -0.467 e. The summed E-state index contributed by atoms with van der Waals surface area (Å²) >= 11 is 5.95. The third-order valence-electron chi connectivity index (χ3n) is 5.98. The van der Waals surface area contributed by atoms with Crippen LogP contribution >= 0.6 is 11.6 Å². The summed E-state index contributed by atoms with van der Waals surface area (Å²) in [6.45, 7) is 0. The normalized spacial score (nSPS) is 19.5. The molecule has 0 bridgehead atoms. The molecule has 1 heterocycles. The smallest absolute Gasteiger partial charge is 0.337 e. The van der Waals surface area contributed by atoms with Crippen molar-refractivity contribution in [3.05, 3.63) is 76.4 Å². The van der Waals surface area contributed by atoms with E-state index in [9.17, 15) is 14.4 Å². The molecule has 0 N–H and O–H groups in total. The highest BCUT2D eigenvalue weighted by Crippen LogP contribution is 2.49. The Balaban J connectivity index is 1.87. The van der Waals surface area contributed by atoms with Crippen molar-refractivity contribution < 1.29 is 23.9 Å². The number of hydrogen-bond donors (Lipinski definition) is 0. The largest absolute Gasteiger partial charge is 0.467 e. The van der Waals surface area contributed by atoms with Crippen LogP contribution in [0.25, 0.3) is 5.57 Å². The number of fused-ring (bicyclic) bond motifs is 2. The van der Waals surface area contributed by atoms with E-state index in [4.69, 9.17) is 21.1 Å². The number of carbonyl (C=O) groups excluding carboxylic acids is 3. The molecule has 1 aliphatic heterocycles. The predicted molar refractivity (Wildman–Crippen MR) is 116 cm³/mol. The van der Waals surface area contributed by atoms with Crippen LogP contribution < -0.4 is 0 Å². The summed E-state index contributed by atoms with van der Waals surface area (Å²) in [4.78, 5) is 39.1. The lowest BCUT2D eigenvalue weighted by Gasteiger charge is -2.42. The van der Waals surface area contributed by atoms with Gasteiger partial charge in [-0.1, -0.05) is 36.4 Å². The molecule has 160 valence electrons. The Morgan fingerprint density at radius 1 is 1.03 bits per heavy atom. The number of benzene rings is 2. The van der Waals surface area contributed by atoms with E-state index in [1.54, 1.807) is 24.3 Å². The van der Waals surface area contributed by atoms with Gasteiger partial charge in [-0.3, -0.25) is 4.79 Å². The number of rotatable bonds is 4. The van der Waals surface area contributed by atoms with Gasteiger partial charge in [0.1, 0.15) is 11.9 Å². The zero-order valence-corrected chi connectivity index (χ0v) is 18.0. The molecule has 2 atom stereocenters. The van der Waals surface area contributed by atoms with Gasteiger partial charge < -0.3 is 14.4 Å². The first-order chi connectivity index (χ1) is 15.0. The summed E-state index contributed by atoms with van der Waals surface area (Å²) in [6.07, 6.45) is 1.05. The minimum absolute atomic E-state index is 0.250. The Bertz CT molecular complexity index is 1080. The number of hydrogen-bond acceptors (Lipinski definition) is 5. The average molecular weight is 440 g/mol. The van der Waals surface area contributed by atoms with Gasteiger partial charge in [0.05, 0.1) is 25.8 Å². The molecule has 0 saturated heterocycles. The first-order valence-electron chi connectivity index (χ1n) is 9.93. The van der Waals surface area contributed by atoms with Crippen LogP contribution in [0, 0.1) is 0 Å². The van der Waals surface area contributed by atoms with E-state index in [-0.39, 0.29) is 11.8 Å². The molecule has 0 radical (unpaired) electrons. The second kappa shape index (κ2) is 8.55. The number of carbonyl (C=O) groups is 3. The highest BCUT2D eigenvalue weighted by molar-refractivity contribution is 6.27. The number of esters is 2. The van der Waals surface area contributed by atoms with Crippen molar-refractivity contribution in [1.29, 1.82) is 0 Å². The zero-order valence-electron chi connectivity index (χ0n) is 17.3. The van der Waals surface area contributed by atoms with E-state index in [1.165, 1.54) is 19.1 Å². The molecule has 0 aromatic heterocycles. The Kier molecular flexibility index (Phi) is 5.83. The maximum Gasteiger partial charge on any atom is 0.337 e. The molecule has 4 rings (SSSR count). The van der Waals surface area contributed by atoms with Gasteiger partial charge in [-0.15, -0.1) is 11.6 Å². The Morgan fingerprint density at radius 3 is 2.39 bits per heavy atom. The van der Waals surface area contributed by atoms with Gasteiger partial charge in [0.2, 0.25) is 5.91 Å². The lowest BCUT2D eigenvalue weighted by atomic mass is 9.84. The summed E-state index contributed by atoms with van der Waals surface area (Å²) in [5, 5.41) is 0. The van der Waals surface area contributed by atoms with Crippen molar-refractivity contribution in [2.75, 3.05) is 20.1 Å². The molecular formula is C24H22ClNO5. The van der Waals surface area contributed by atoms with Gasteiger partial charge in [-0.05, 0) is 46.4 Å². The molecule has 2 aromatic carbocycles. The molecular weight excluding hydrogens is 418 g/mol. The summed E-state index contributed by atoms with van der Waals surface area (Å²) in [5.74, 6) is -1.52. The van der Waals surface area contributed by atoms with Crippen molar-refractivity contribution in [2.45, 2.75) is 24.9 Å². The van der Waals surface area contributed by atoms with Crippen LogP contribution in [0.15, 0.2) is 54.1 Å². The molecule has 31 heavy (non-hydrogen) atoms. The number of ether oxygens (including phenoxy) is 2. The molecule has 6 nitrogen and oxygen atoms in total. The topological polar surface area (TPSA) is 72.9 Å². The van der Waals surface area contributed by atoms with Crippen LogP contribution in [0.4, 0.5) is 0 Å². The molecule has 0 unspecified atom stereocenters. The van der Waals surface area contributed by atoms with Crippen molar-refractivity contribution >= 4 is 35.0 Å². The van der Waals surface area contributed by atoms with E-state index in [1.807, 2.05) is 18.2 Å². The fourth-order valence-electron chi connectivity index (χ4n) is 4.60. The molecule has 1 amide bonds. The van der Waals surface area contributed by atoms with Gasteiger partial charge in [-0.2, -0.15) is 0 Å². The third kappa shape index (κ3) is 3.61. The van der Waals surface area contributed by atoms with E-state index in [2.05, 4.69) is 6.07 Å². The Morgan fingerprint density at radius 2 is 1.74 bits per heavy atom. The van der Waals surface area contributed by atoms with Gasteiger partial charge in [0, 0.05) is 6.42 Å². The second-order valence-corrected chi connectivity index (χ2v) is 7.80. The third-order valence-corrected chi connectivity index (χ3v) is 6.20. The van der Waals surface area contributed by atoms with Crippen LogP contribution in [-0.4, -0.2) is 48.9 Å². The van der Waals surface area contributed by atoms with Gasteiger partial charge in [0.25, 0.3) is 0 Å². The Labute approximate surface area is 185 Å². The molecule has 0 fully saturated rings.